The number of carbonyl (C=O) groups is 2. The van der Waals surface area contributed by atoms with E-state index in [4.69, 9.17) is 9.15 Å². The Hall–Kier alpha value is -2.82. The third-order valence-corrected chi connectivity index (χ3v) is 3.51. The summed E-state index contributed by atoms with van der Waals surface area (Å²) in [6.45, 7) is 7.39. The highest BCUT2D eigenvalue weighted by atomic mass is 16.5. The van der Waals surface area contributed by atoms with Gasteiger partial charge in [0.05, 0.1) is 6.26 Å². The molecule has 1 amide bonds. The lowest BCUT2D eigenvalue weighted by Gasteiger charge is -2.16. The predicted molar refractivity (Wildman–Crippen MR) is 92.6 cm³/mol. The first-order valence-electron chi connectivity index (χ1n) is 7.67. The fourth-order valence-electron chi connectivity index (χ4n) is 2.41. The molecule has 2 rings (SSSR count). The highest BCUT2D eigenvalue weighted by Crippen LogP contribution is 2.22. The molecular formula is C19H21NO4. The second-order valence-electron chi connectivity index (χ2n) is 5.69. The van der Waals surface area contributed by atoms with Gasteiger partial charge >= 0.3 is 5.97 Å². The average molecular weight is 327 g/mol. The largest absolute Gasteiger partial charge is 0.465 e. The van der Waals surface area contributed by atoms with Crippen molar-refractivity contribution in [1.29, 1.82) is 0 Å². The number of carbonyl (C=O) groups excluding carboxylic acids is 2. The van der Waals surface area contributed by atoms with E-state index in [0.717, 1.165) is 22.4 Å². The number of benzene rings is 1. The maximum atomic E-state index is 12.2. The summed E-state index contributed by atoms with van der Waals surface area (Å²) in [5.41, 5.74) is 3.82. The molecule has 0 aliphatic rings. The minimum Gasteiger partial charge on any atom is -0.465 e. The molecule has 5 nitrogen and oxygen atoms in total. The molecule has 0 saturated heterocycles. The minimum absolute atomic E-state index is 0.371. The van der Waals surface area contributed by atoms with Crippen LogP contribution in [0, 0.1) is 20.8 Å². The maximum absolute atomic E-state index is 12.2. The molecule has 0 aliphatic carbocycles. The van der Waals surface area contributed by atoms with E-state index >= 15 is 0 Å². The van der Waals surface area contributed by atoms with E-state index in [-0.39, 0.29) is 5.91 Å². The maximum Gasteiger partial charge on any atom is 0.331 e. The number of nitrogens with one attached hydrogen (secondary N) is 1. The second-order valence-corrected chi connectivity index (χ2v) is 5.69. The molecule has 1 aromatic carbocycles. The van der Waals surface area contributed by atoms with Crippen LogP contribution in [-0.2, 0) is 14.3 Å². The number of aryl methyl sites for hydroxylation is 3. The highest BCUT2D eigenvalue weighted by molar-refractivity contribution is 5.97. The number of hydrogen-bond acceptors (Lipinski definition) is 4. The van der Waals surface area contributed by atoms with Gasteiger partial charge in [-0.15, -0.1) is 0 Å². The van der Waals surface area contributed by atoms with E-state index in [9.17, 15) is 9.59 Å². The van der Waals surface area contributed by atoms with Crippen LogP contribution in [0.1, 0.15) is 29.4 Å². The van der Waals surface area contributed by atoms with Crippen LogP contribution in [0.15, 0.2) is 41.0 Å². The fraction of sp³-hybridized carbons (Fsp3) is 0.263. The Balaban J connectivity index is 1.96. The van der Waals surface area contributed by atoms with Crippen molar-refractivity contribution in [2.24, 2.45) is 0 Å². The van der Waals surface area contributed by atoms with Gasteiger partial charge in [-0.2, -0.15) is 0 Å². The molecule has 2 aromatic rings. The van der Waals surface area contributed by atoms with Gasteiger partial charge in [-0.1, -0.05) is 17.7 Å². The van der Waals surface area contributed by atoms with Crippen molar-refractivity contribution in [2.45, 2.75) is 33.8 Å². The minimum atomic E-state index is -0.904. The quantitative estimate of drug-likeness (QED) is 0.670. The van der Waals surface area contributed by atoms with Crippen LogP contribution < -0.4 is 5.32 Å². The number of esters is 1. The molecule has 0 radical (unpaired) electrons. The molecule has 1 N–H and O–H groups in total. The Morgan fingerprint density at radius 2 is 1.88 bits per heavy atom. The summed E-state index contributed by atoms with van der Waals surface area (Å²) in [6, 6.07) is 7.41. The van der Waals surface area contributed by atoms with Gasteiger partial charge in [0.1, 0.15) is 5.76 Å². The van der Waals surface area contributed by atoms with Crippen LogP contribution in [0.2, 0.25) is 0 Å². The van der Waals surface area contributed by atoms with Gasteiger partial charge in [0.2, 0.25) is 0 Å². The van der Waals surface area contributed by atoms with Crippen LogP contribution in [0.3, 0.4) is 0 Å². The highest BCUT2D eigenvalue weighted by Gasteiger charge is 2.18. The Bertz CT molecular complexity index is 737. The van der Waals surface area contributed by atoms with E-state index in [1.54, 1.807) is 12.1 Å². The molecule has 5 heteroatoms. The third kappa shape index (κ3) is 4.59. The zero-order valence-electron chi connectivity index (χ0n) is 14.3. The van der Waals surface area contributed by atoms with E-state index in [2.05, 4.69) is 5.32 Å². The van der Waals surface area contributed by atoms with Crippen molar-refractivity contribution in [3.63, 3.8) is 0 Å². The lowest BCUT2D eigenvalue weighted by molar-refractivity contribution is -0.148. The topological polar surface area (TPSA) is 68.5 Å². The van der Waals surface area contributed by atoms with E-state index < -0.39 is 12.1 Å². The molecule has 1 heterocycles. The van der Waals surface area contributed by atoms with Gasteiger partial charge < -0.3 is 14.5 Å². The van der Waals surface area contributed by atoms with Gasteiger partial charge in [-0.05, 0) is 57.0 Å². The molecule has 0 bridgehead atoms. The summed E-state index contributed by atoms with van der Waals surface area (Å²) >= 11 is 0. The molecule has 1 aromatic heterocycles. The molecule has 1 atom stereocenters. The van der Waals surface area contributed by atoms with E-state index in [1.807, 2.05) is 32.9 Å². The Morgan fingerprint density at radius 3 is 2.46 bits per heavy atom. The van der Waals surface area contributed by atoms with Crippen molar-refractivity contribution in [2.75, 3.05) is 5.32 Å². The Labute approximate surface area is 141 Å². The van der Waals surface area contributed by atoms with Gasteiger partial charge in [0, 0.05) is 11.8 Å². The fourth-order valence-corrected chi connectivity index (χ4v) is 2.41. The van der Waals surface area contributed by atoms with Crippen molar-refractivity contribution in [1.82, 2.24) is 0 Å². The first kappa shape index (κ1) is 17.5. The Morgan fingerprint density at radius 1 is 1.21 bits per heavy atom. The van der Waals surface area contributed by atoms with E-state index in [0.29, 0.717) is 5.76 Å². The monoisotopic (exact) mass is 327 g/mol. The lowest BCUT2D eigenvalue weighted by Crippen LogP contribution is -2.30. The van der Waals surface area contributed by atoms with Crippen molar-refractivity contribution < 1.29 is 18.7 Å². The van der Waals surface area contributed by atoms with Gasteiger partial charge in [-0.25, -0.2) is 4.79 Å². The Kier molecular flexibility index (Phi) is 5.58. The summed E-state index contributed by atoms with van der Waals surface area (Å²) in [7, 11) is 0. The van der Waals surface area contributed by atoms with Crippen molar-refractivity contribution >= 4 is 23.6 Å². The van der Waals surface area contributed by atoms with Gasteiger partial charge in [0.15, 0.2) is 6.10 Å². The number of hydrogen-bond donors (Lipinski definition) is 1. The molecule has 0 aliphatic heterocycles. The van der Waals surface area contributed by atoms with Crippen LogP contribution in [-0.4, -0.2) is 18.0 Å². The van der Waals surface area contributed by atoms with Gasteiger partial charge in [-0.3, -0.25) is 4.79 Å². The van der Waals surface area contributed by atoms with Crippen LogP contribution in [0.5, 0.6) is 0 Å². The molecule has 0 spiro atoms. The molecule has 0 saturated carbocycles. The van der Waals surface area contributed by atoms with Crippen molar-refractivity contribution in [3.8, 4) is 0 Å². The number of rotatable bonds is 5. The third-order valence-electron chi connectivity index (χ3n) is 3.51. The van der Waals surface area contributed by atoms with Crippen LogP contribution in [0.25, 0.3) is 6.08 Å². The molecular weight excluding hydrogens is 306 g/mol. The summed E-state index contributed by atoms with van der Waals surface area (Å²) < 4.78 is 10.2. The smallest absolute Gasteiger partial charge is 0.331 e. The lowest BCUT2D eigenvalue weighted by atomic mass is 10.0. The summed E-state index contributed by atoms with van der Waals surface area (Å²) in [5.74, 6) is -0.439. The van der Waals surface area contributed by atoms with Gasteiger partial charge in [0.25, 0.3) is 5.91 Å². The number of furan rings is 1. The second kappa shape index (κ2) is 7.64. The number of amides is 1. The van der Waals surface area contributed by atoms with Crippen LogP contribution >= 0.6 is 0 Å². The number of anilines is 1. The van der Waals surface area contributed by atoms with Crippen LogP contribution in [0.4, 0.5) is 5.69 Å². The normalized spacial score (nSPS) is 12.2. The summed E-state index contributed by atoms with van der Waals surface area (Å²) in [5, 5.41) is 2.82. The standard InChI is InChI=1S/C19H21NO4/c1-12-10-13(2)18(14(3)11-12)20-19(22)15(4)24-17(21)8-7-16-6-5-9-23-16/h5-11,15H,1-4H3,(H,20,22)/b8-7+/t15-/m0/s1. The average Bonchev–Trinajstić information content (AvgIpc) is 3.01. The SMILES string of the molecule is Cc1cc(C)c(NC(=O)[C@H](C)OC(=O)/C=C/c2ccco2)c(C)c1. The summed E-state index contributed by atoms with van der Waals surface area (Å²) in [6.07, 6.45) is 3.32. The number of ether oxygens (including phenoxy) is 1. The molecule has 24 heavy (non-hydrogen) atoms. The summed E-state index contributed by atoms with van der Waals surface area (Å²) in [4.78, 5) is 24.0. The van der Waals surface area contributed by atoms with E-state index in [1.165, 1.54) is 25.3 Å². The first-order valence-corrected chi connectivity index (χ1v) is 7.67. The predicted octanol–water partition coefficient (Wildman–Crippen LogP) is 3.79. The zero-order chi connectivity index (χ0) is 17.7. The molecule has 126 valence electrons. The first-order chi connectivity index (χ1) is 11.4. The zero-order valence-corrected chi connectivity index (χ0v) is 14.3. The molecule has 0 fully saturated rings. The van der Waals surface area contributed by atoms with Crippen molar-refractivity contribution in [3.05, 3.63) is 59.1 Å². The molecule has 0 unspecified atom stereocenters.